The number of rotatable bonds is 1. The number of halogens is 1. The Bertz CT molecular complexity index is 408. The highest BCUT2D eigenvalue weighted by Crippen LogP contribution is 2.34. The summed E-state index contributed by atoms with van der Waals surface area (Å²) in [7, 11) is 0. The van der Waals surface area contributed by atoms with E-state index in [0.717, 1.165) is 5.00 Å². The van der Waals surface area contributed by atoms with Gasteiger partial charge in [0, 0.05) is 16.5 Å². The summed E-state index contributed by atoms with van der Waals surface area (Å²) < 4.78 is 1.28. The van der Waals surface area contributed by atoms with E-state index in [0.29, 0.717) is 0 Å². The fourth-order valence-electron chi connectivity index (χ4n) is 1.26. The Balaban J connectivity index is 2.78. The van der Waals surface area contributed by atoms with Crippen LogP contribution in [0.2, 0.25) is 0 Å². The number of fused-ring (bicyclic) bond motifs is 1. The van der Waals surface area contributed by atoms with E-state index in [9.17, 15) is 0 Å². The van der Waals surface area contributed by atoms with Crippen LogP contribution in [0.4, 0.5) is 5.00 Å². The summed E-state index contributed by atoms with van der Waals surface area (Å²) in [5.41, 5.74) is 1.23. The lowest BCUT2D eigenvalue weighted by Gasteiger charge is -1.92. The molecule has 12 heavy (non-hydrogen) atoms. The molecule has 0 spiro atoms. The molecule has 1 aromatic heterocycles. The zero-order valence-corrected chi connectivity index (χ0v) is 8.17. The molecular weight excluding hydrogens is 190 g/mol. The van der Waals surface area contributed by atoms with E-state index in [4.69, 9.17) is 11.8 Å². The zero-order chi connectivity index (χ0) is 8.55. The molecule has 0 aliphatic heterocycles. The van der Waals surface area contributed by atoms with Gasteiger partial charge in [0.1, 0.15) is 5.00 Å². The Morgan fingerprint density at radius 1 is 1.33 bits per heavy atom. The van der Waals surface area contributed by atoms with Crippen molar-refractivity contribution < 1.29 is 0 Å². The van der Waals surface area contributed by atoms with Gasteiger partial charge in [-0.3, -0.25) is 4.84 Å². The molecule has 2 rings (SSSR count). The number of hydrogen-bond donors (Lipinski definition) is 1. The third-order valence-electron chi connectivity index (χ3n) is 1.93. The van der Waals surface area contributed by atoms with Crippen molar-refractivity contribution in [2.75, 3.05) is 4.84 Å². The van der Waals surface area contributed by atoms with Crippen molar-refractivity contribution in [3.63, 3.8) is 0 Å². The largest absolute Gasteiger partial charge is 0.289 e. The first-order chi connectivity index (χ1) is 5.83. The Labute approximate surface area is 80.1 Å². The van der Waals surface area contributed by atoms with Crippen molar-refractivity contribution in [3.8, 4) is 0 Å². The first kappa shape index (κ1) is 7.90. The molecule has 0 saturated heterocycles. The van der Waals surface area contributed by atoms with Gasteiger partial charge in [-0.1, -0.05) is 18.2 Å². The molecule has 62 valence electrons. The fourth-order valence-corrected chi connectivity index (χ4v) is 2.52. The molecule has 0 unspecified atom stereocenters. The maximum atomic E-state index is 5.56. The van der Waals surface area contributed by atoms with E-state index in [1.165, 1.54) is 15.6 Å². The highest BCUT2D eigenvalue weighted by molar-refractivity contribution is 7.23. The summed E-state index contributed by atoms with van der Waals surface area (Å²) in [6.07, 6.45) is 0. The molecule has 1 heterocycles. The second-order valence-corrected chi connectivity index (χ2v) is 3.89. The highest BCUT2D eigenvalue weighted by atomic mass is 35.5. The van der Waals surface area contributed by atoms with Crippen molar-refractivity contribution in [2.45, 2.75) is 6.92 Å². The molecular formula is C9H8ClNS. The second kappa shape index (κ2) is 2.96. The number of anilines is 1. The summed E-state index contributed by atoms with van der Waals surface area (Å²) >= 11 is 7.24. The van der Waals surface area contributed by atoms with Crippen LogP contribution in [0.15, 0.2) is 24.3 Å². The topological polar surface area (TPSA) is 12.0 Å². The van der Waals surface area contributed by atoms with E-state index in [-0.39, 0.29) is 0 Å². The Kier molecular flexibility index (Phi) is 1.95. The van der Waals surface area contributed by atoms with Crippen LogP contribution in [0.3, 0.4) is 0 Å². The Morgan fingerprint density at radius 3 is 2.75 bits per heavy atom. The van der Waals surface area contributed by atoms with Crippen LogP contribution in [0.1, 0.15) is 5.56 Å². The van der Waals surface area contributed by atoms with Gasteiger partial charge in [-0.05, 0) is 23.9 Å². The van der Waals surface area contributed by atoms with Crippen molar-refractivity contribution in [3.05, 3.63) is 29.8 Å². The molecule has 0 aliphatic carbocycles. The number of hydrogen-bond acceptors (Lipinski definition) is 2. The maximum absolute atomic E-state index is 5.56. The molecule has 0 aliphatic rings. The maximum Gasteiger partial charge on any atom is 0.107 e. The summed E-state index contributed by atoms with van der Waals surface area (Å²) in [5, 5.41) is 2.32. The molecule has 1 nitrogen and oxygen atoms in total. The fraction of sp³-hybridized carbons (Fsp3) is 0.111. The first-order valence-corrected chi connectivity index (χ1v) is 4.87. The molecule has 3 heteroatoms. The lowest BCUT2D eigenvalue weighted by atomic mass is 10.2. The molecule has 0 fully saturated rings. The lowest BCUT2D eigenvalue weighted by molar-refractivity contribution is 1.59. The molecule has 0 bridgehead atoms. The minimum atomic E-state index is 1.04. The SMILES string of the molecule is Cc1c(NCl)sc2ccccc12. The van der Waals surface area contributed by atoms with Gasteiger partial charge >= 0.3 is 0 Å². The minimum Gasteiger partial charge on any atom is -0.289 e. The summed E-state index contributed by atoms with van der Waals surface area (Å²) in [6.45, 7) is 2.07. The van der Waals surface area contributed by atoms with Crippen LogP contribution in [-0.4, -0.2) is 0 Å². The average molecular weight is 198 g/mol. The first-order valence-electron chi connectivity index (χ1n) is 3.67. The number of aryl methyl sites for hydroxylation is 1. The summed E-state index contributed by atoms with van der Waals surface area (Å²) in [4.78, 5) is 2.68. The van der Waals surface area contributed by atoms with Gasteiger partial charge in [-0.2, -0.15) is 0 Å². The Hall–Kier alpha value is -0.730. The van der Waals surface area contributed by atoms with E-state index >= 15 is 0 Å². The predicted octanol–water partition coefficient (Wildman–Crippen LogP) is 3.78. The van der Waals surface area contributed by atoms with Crippen LogP contribution < -0.4 is 4.84 Å². The van der Waals surface area contributed by atoms with Crippen LogP contribution in [0.25, 0.3) is 10.1 Å². The van der Waals surface area contributed by atoms with Gasteiger partial charge in [0.05, 0.1) is 0 Å². The quantitative estimate of drug-likeness (QED) is 0.687. The van der Waals surface area contributed by atoms with Gasteiger partial charge < -0.3 is 0 Å². The molecule has 0 radical (unpaired) electrons. The predicted molar refractivity (Wildman–Crippen MR) is 56.0 cm³/mol. The average Bonchev–Trinajstić information content (AvgIpc) is 2.44. The second-order valence-electron chi connectivity index (χ2n) is 2.65. The third-order valence-corrected chi connectivity index (χ3v) is 3.42. The van der Waals surface area contributed by atoms with Crippen molar-refractivity contribution in [1.29, 1.82) is 0 Å². The number of benzene rings is 1. The minimum absolute atomic E-state index is 1.04. The summed E-state index contributed by atoms with van der Waals surface area (Å²) in [6, 6.07) is 8.29. The standard InChI is InChI=1S/C9H8ClNS/c1-6-7-4-2-3-5-8(7)12-9(6)11-10/h2-5,11H,1H3. The van der Waals surface area contributed by atoms with E-state index in [1.807, 2.05) is 12.1 Å². The van der Waals surface area contributed by atoms with Crippen LogP contribution >= 0.6 is 23.1 Å². The van der Waals surface area contributed by atoms with Crippen LogP contribution in [0.5, 0.6) is 0 Å². The molecule has 0 atom stereocenters. The monoisotopic (exact) mass is 197 g/mol. The van der Waals surface area contributed by atoms with Gasteiger partial charge in [0.15, 0.2) is 0 Å². The van der Waals surface area contributed by atoms with Gasteiger partial charge in [0.25, 0.3) is 0 Å². The zero-order valence-electron chi connectivity index (χ0n) is 6.60. The van der Waals surface area contributed by atoms with Gasteiger partial charge in [-0.15, -0.1) is 11.3 Å². The van der Waals surface area contributed by atoms with E-state index in [1.54, 1.807) is 11.3 Å². The highest BCUT2D eigenvalue weighted by Gasteiger charge is 2.05. The van der Waals surface area contributed by atoms with Crippen molar-refractivity contribution >= 4 is 38.2 Å². The smallest absolute Gasteiger partial charge is 0.107 e. The van der Waals surface area contributed by atoms with Crippen molar-refractivity contribution in [2.24, 2.45) is 0 Å². The Morgan fingerprint density at radius 2 is 2.08 bits per heavy atom. The molecule has 1 N–H and O–H groups in total. The normalized spacial score (nSPS) is 10.5. The van der Waals surface area contributed by atoms with Gasteiger partial charge in [-0.25, -0.2) is 0 Å². The number of thiophene rings is 1. The van der Waals surface area contributed by atoms with Gasteiger partial charge in [0.2, 0.25) is 0 Å². The van der Waals surface area contributed by atoms with Crippen molar-refractivity contribution in [1.82, 2.24) is 0 Å². The number of nitrogens with one attached hydrogen (secondary N) is 1. The van der Waals surface area contributed by atoms with E-state index < -0.39 is 0 Å². The van der Waals surface area contributed by atoms with Crippen LogP contribution in [-0.2, 0) is 0 Å². The van der Waals surface area contributed by atoms with E-state index in [2.05, 4.69) is 23.9 Å². The molecule has 1 aromatic carbocycles. The third kappa shape index (κ3) is 1.08. The molecule has 2 aromatic rings. The molecule has 0 amide bonds. The lowest BCUT2D eigenvalue weighted by Crippen LogP contribution is -1.76. The summed E-state index contributed by atoms with van der Waals surface area (Å²) in [5.74, 6) is 0. The van der Waals surface area contributed by atoms with Crippen LogP contribution in [0, 0.1) is 6.92 Å². The molecule has 0 saturated carbocycles.